The SMILES string of the molecule is c1ccc(Oc2ccc3nc4ccccn4c3c2)cc1. The minimum absolute atomic E-state index is 0.814. The molecule has 2 heterocycles. The Morgan fingerprint density at radius 2 is 1.65 bits per heavy atom. The molecule has 0 aliphatic rings. The summed E-state index contributed by atoms with van der Waals surface area (Å²) >= 11 is 0. The summed E-state index contributed by atoms with van der Waals surface area (Å²) in [7, 11) is 0. The number of nitrogens with zero attached hydrogens (tertiary/aromatic N) is 2. The van der Waals surface area contributed by atoms with Gasteiger partial charge in [0, 0.05) is 12.3 Å². The predicted octanol–water partition coefficient (Wildman–Crippen LogP) is 4.28. The number of aromatic nitrogens is 2. The number of fused-ring (bicyclic) bond motifs is 3. The first-order chi connectivity index (χ1) is 9.90. The average Bonchev–Trinajstić information content (AvgIpc) is 2.86. The number of benzene rings is 2. The Morgan fingerprint density at radius 3 is 2.55 bits per heavy atom. The quantitative estimate of drug-likeness (QED) is 0.537. The molecule has 4 aromatic rings. The topological polar surface area (TPSA) is 26.5 Å². The van der Waals surface area contributed by atoms with E-state index in [9.17, 15) is 0 Å². The Balaban J connectivity index is 1.83. The fourth-order valence-electron chi connectivity index (χ4n) is 2.33. The van der Waals surface area contributed by atoms with Gasteiger partial charge in [0.15, 0.2) is 0 Å². The molecule has 96 valence electrons. The maximum atomic E-state index is 5.86. The van der Waals surface area contributed by atoms with E-state index < -0.39 is 0 Å². The van der Waals surface area contributed by atoms with Gasteiger partial charge in [0.1, 0.15) is 17.1 Å². The van der Waals surface area contributed by atoms with Crippen molar-refractivity contribution in [3.63, 3.8) is 0 Å². The first kappa shape index (κ1) is 11.1. The van der Waals surface area contributed by atoms with E-state index in [-0.39, 0.29) is 0 Å². The minimum atomic E-state index is 0.814. The van der Waals surface area contributed by atoms with Crippen molar-refractivity contribution in [1.82, 2.24) is 9.38 Å². The van der Waals surface area contributed by atoms with Crippen LogP contribution in [0.15, 0.2) is 72.9 Å². The van der Waals surface area contributed by atoms with Crippen molar-refractivity contribution in [1.29, 1.82) is 0 Å². The number of para-hydroxylation sites is 1. The summed E-state index contributed by atoms with van der Waals surface area (Å²) in [6, 6.07) is 21.7. The summed E-state index contributed by atoms with van der Waals surface area (Å²) in [5.74, 6) is 1.65. The first-order valence-electron chi connectivity index (χ1n) is 6.50. The van der Waals surface area contributed by atoms with Crippen molar-refractivity contribution in [2.24, 2.45) is 0 Å². The third kappa shape index (κ3) is 1.80. The molecule has 20 heavy (non-hydrogen) atoms. The third-order valence-corrected chi connectivity index (χ3v) is 3.26. The van der Waals surface area contributed by atoms with Gasteiger partial charge in [0.05, 0.1) is 11.0 Å². The molecule has 0 spiro atoms. The van der Waals surface area contributed by atoms with E-state index in [0.29, 0.717) is 0 Å². The third-order valence-electron chi connectivity index (χ3n) is 3.26. The minimum Gasteiger partial charge on any atom is -0.457 e. The summed E-state index contributed by atoms with van der Waals surface area (Å²) in [6.45, 7) is 0. The van der Waals surface area contributed by atoms with Gasteiger partial charge < -0.3 is 4.74 Å². The molecule has 0 amide bonds. The lowest BCUT2D eigenvalue weighted by atomic mass is 10.3. The second kappa shape index (κ2) is 4.38. The number of ether oxygens (including phenoxy) is 1. The number of pyridine rings is 1. The number of hydrogen-bond donors (Lipinski definition) is 0. The molecular formula is C17H12N2O. The van der Waals surface area contributed by atoms with E-state index in [0.717, 1.165) is 28.2 Å². The smallest absolute Gasteiger partial charge is 0.137 e. The van der Waals surface area contributed by atoms with E-state index in [1.807, 2.05) is 72.9 Å². The van der Waals surface area contributed by atoms with Gasteiger partial charge >= 0.3 is 0 Å². The standard InChI is InChI=1S/C17H12N2O/c1-2-6-13(7-3-1)20-14-9-10-15-16(12-14)19-11-5-4-8-17(19)18-15/h1-12H. The van der Waals surface area contributed by atoms with Crippen LogP contribution in [0.4, 0.5) is 0 Å². The van der Waals surface area contributed by atoms with Crippen molar-refractivity contribution >= 4 is 16.7 Å². The maximum Gasteiger partial charge on any atom is 0.137 e. The molecule has 0 aliphatic heterocycles. The Kier molecular flexibility index (Phi) is 2.42. The number of hydrogen-bond acceptors (Lipinski definition) is 2. The molecule has 0 bridgehead atoms. The maximum absolute atomic E-state index is 5.86. The molecule has 2 aromatic heterocycles. The van der Waals surface area contributed by atoms with Gasteiger partial charge in [0.2, 0.25) is 0 Å². The molecule has 0 unspecified atom stereocenters. The van der Waals surface area contributed by atoms with Crippen LogP contribution in [0.5, 0.6) is 11.5 Å². The molecule has 3 nitrogen and oxygen atoms in total. The van der Waals surface area contributed by atoms with Gasteiger partial charge in [-0.25, -0.2) is 4.98 Å². The molecule has 0 aliphatic carbocycles. The van der Waals surface area contributed by atoms with Crippen LogP contribution < -0.4 is 4.74 Å². The van der Waals surface area contributed by atoms with Gasteiger partial charge in [0.25, 0.3) is 0 Å². The van der Waals surface area contributed by atoms with Crippen LogP contribution >= 0.6 is 0 Å². The molecule has 0 fully saturated rings. The highest BCUT2D eigenvalue weighted by atomic mass is 16.5. The highest BCUT2D eigenvalue weighted by Gasteiger charge is 2.05. The molecule has 0 N–H and O–H groups in total. The zero-order chi connectivity index (χ0) is 13.4. The van der Waals surface area contributed by atoms with Gasteiger partial charge in [-0.05, 0) is 36.4 Å². The molecule has 4 rings (SSSR count). The van der Waals surface area contributed by atoms with Gasteiger partial charge in [-0.15, -0.1) is 0 Å². The Morgan fingerprint density at radius 1 is 0.800 bits per heavy atom. The van der Waals surface area contributed by atoms with Gasteiger partial charge in [-0.3, -0.25) is 4.40 Å². The van der Waals surface area contributed by atoms with Crippen LogP contribution in [0, 0.1) is 0 Å². The van der Waals surface area contributed by atoms with Crippen molar-refractivity contribution in [2.75, 3.05) is 0 Å². The van der Waals surface area contributed by atoms with E-state index in [1.54, 1.807) is 0 Å². The van der Waals surface area contributed by atoms with Gasteiger partial charge in [-0.2, -0.15) is 0 Å². The molecular weight excluding hydrogens is 248 g/mol. The molecule has 0 radical (unpaired) electrons. The summed E-state index contributed by atoms with van der Waals surface area (Å²) in [5, 5.41) is 0. The normalized spacial score (nSPS) is 11.0. The van der Waals surface area contributed by atoms with Crippen LogP contribution in [0.1, 0.15) is 0 Å². The lowest BCUT2D eigenvalue weighted by Gasteiger charge is -2.05. The van der Waals surface area contributed by atoms with E-state index in [1.165, 1.54) is 0 Å². The van der Waals surface area contributed by atoms with Crippen LogP contribution in [-0.2, 0) is 0 Å². The van der Waals surface area contributed by atoms with E-state index in [2.05, 4.69) is 9.38 Å². The summed E-state index contributed by atoms with van der Waals surface area (Å²) in [5.41, 5.74) is 2.96. The van der Waals surface area contributed by atoms with Crippen LogP contribution in [0.25, 0.3) is 16.7 Å². The summed E-state index contributed by atoms with van der Waals surface area (Å²) in [6.07, 6.45) is 2.01. The van der Waals surface area contributed by atoms with E-state index in [4.69, 9.17) is 4.74 Å². The second-order valence-corrected chi connectivity index (χ2v) is 4.61. The molecule has 0 saturated heterocycles. The zero-order valence-corrected chi connectivity index (χ0v) is 10.7. The van der Waals surface area contributed by atoms with Crippen molar-refractivity contribution in [3.05, 3.63) is 72.9 Å². The molecule has 0 atom stereocenters. The largest absolute Gasteiger partial charge is 0.457 e. The highest BCUT2D eigenvalue weighted by Crippen LogP contribution is 2.26. The Bertz CT molecular complexity index is 881. The summed E-state index contributed by atoms with van der Waals surface area (Å²) < 4.78 is 7.93. The zero-order valence-electron chi connectivity index (χ0n) is 10.7. The van der Waals surface area contributed by atoms with Crippen molar-refractivity contribution in [2.45, 2.75) is 0 Å². The molecule has 0 saturated carbocycles. The first-order valence-corrected chi connectivity index (χ1v) is 6.50. The highest BCUT2D eigenvalue weighted by molar-refractivity contribution is 5.81. The van der Waals surface area contributed by atoms with Crippen LogP contribution in [0.3, 0.4) is 0 Å². The average molecular weight is 260 g/mol. The number of rotatable bonds is 2. The second-order valence-electron chi connectivity index (χ2n) is 4.61. The van der Waals surface area contributed by atoms with Crippen LogP contribution in [-0.4, -0.2) is 9.38 Å². The Labute approximate surface area is 116 Å². The Hall–Kier alpha value is -2.81. The fraction of sp³-hybridized carbons (Fsp3) is 0. The fourth-order valence-corrected chi connectivity index (χ4v) is 2.33. The number of imidazole rings is 1. The van der Waals surface area contributed by atoms with Crippen LogP contribution in [0.2, 0.25) is 0 Å². The predicted molar refractivity (Wildman–Crippen MR) is 79.2 cm³/mol. The van der Waals surface area contributed by atoms with Crippen molar-refractivity contribution in [3.8, 4) is 11.5 Å². The molecule has 3 heteroatoms. The summed E-state index contributed by atoms with van der Waals surface area (Å²) in [4.78, 5) is 4.57. The molecule has 2 aromatic carbocycles. The van der Waals surface area contributed by atoms with Gasteiger partial charge in [-0.1, -0.05) is 24.3 Å². The monoisotopic (exact) mass is 260 g/mol. The lowest BCUT2D eigenvalue weighted by Crippen LogP contribution is -1.85. The lowest BCUT2D eigenvalue weighted by molar-refractivity contribution is 0.483. The van der Waals surface area contributed by atoms with Crippen molar-refractivity contribution < 1.29 is 4.74 Å². The van der Waals surface area contributed by atoms with E-state index >= 15 is 0 Å².